The number of amides is 1. The minimum atomic E-state index is -3.75. The first-order valence-electron chi connectivity index (χ1n) is 14.4. The summed E-state index contributed by atoms with van der Waals surface area (Å²) in [4.78, 5) is 17.3. The van der Waals surface area contributed by atoms with Gasteiger partial charge in [0.05, 0.1) is 39.9 Å². The van der Waals surface area contributed by atoms with Gasteiger partial charge >= 0.3 is 0 Å². The predicted octanol–water partition coefficient (Wildman–Crippen LogP) is 3.25. The molecule has 5 rings (SSSR count). The number of rotatable bonds is 12. The summed E-state index contributed by atoms with van der Waals surface area (Å²) in [7, 11) is -6.83. The van der Waals surface area contributed by atoms with Crippen LogP contribution in [0, 0.1) is 0 Å². The highest BCUT2D eigenvalue weighted by atomic mass is 32.2. The van der Waals surface area contributed by atoms with Crippen molar-refractivity contribution in [2.45, 2.75) is 55.8 Å². The fourth-order valence-electron chi connectivity index (χ4n) is 5.16. The maximum atomic E-state index is 12.7. The first-order valence-corrected chi connectivity index (χ1v) is 17.7. The molecule has 1 saturated heterocycles. The van der Waals surface area contributed by atoms with E-state index in [1.165, 1.54) is 12.1 Å². The van der Waals surface area contributed by atoms with Gasteiger partial charge in [-0.25, -0.2) is 21.8 Å². The molecule has 44 heavy (non-hydrogen) atoms. The monoisotopic (exact) mass is 639 g/mol. The third-order valence-electron chi connectivity index (χ3n) is 7.78. The van der Waals surface area contributed by atoms with Gasteiger partial charge in [-0.1, -0.05) is 30.3 Å². The average molecular weight is 640 g/mol. The van der Waals surface area contributed by atoms with Gasteiger partial charge in [-0.15, -0.1) is 0 Å². The fraction of sp³-hybridized carbons (Fsp3) is 0.355. The van der Waals surface area contributed by atoms with Gasteiger partial charge in [0.25, 0.3) is 15.9 Å². The van der Waals surface area contributed by atoms with E-state index in [-0.39, 0.29) is 40.4 Å². The van der Waals surface area contributed by atoms with Crippen LogP contribution < -0.4 is 15.4 Å². The van der Waals surface area contributed by atoms with E-state index in [9.17, 15) is 26.7 Å². The molecule has 1 unspecified atom stereocenters. The Morgan fingerprint density at radius 3 is 2.59 bits per heavy atom. The van der Waals surface area contributed by atoms with Crippen LogP contribution in [0.25, 0.3) is 11.0 Å². The molecule has 1 amide bonds. The number of sulfone groups is 1. The third kappa shape index (κ3) is 7.83. The van der Waals surface area contributed by atoms with E-state index in [0.717, 1.165) is 5.52 Å². The standard InChI is InChI=1S/C31H37N5O6S2/c1-31(2,33-19-29(37)22-7-6-8-24(17-22)35-44(41,42)26-9-4-3-5-10-26)14-15-36-21-32-27-18-23(11-12-28(27)36)30(38)34-25-13-16-43(39,40)20-25/h3-12,17-18,21,25,29,33,35,37H,13-16,19-20H2,1-2H3,(H,34,38)/t25?,29-/m0/s1. The molecule has 4 aromatic rings. The second kappa shape index (κ2) is 12.7. The number of sulfonamides is 1. The first-order chi connectivity index (χ1) is 20.8. The van der Waals surface area contributed by atoms with Crippen molar-refractivity contribution in [1.29, 1.82) is 0 Å². The lowest BCUT2D eigenvalue weighted by atomic mass is 9.99. The van der Waals surface area contributed by atoms with Crippen molar-refractivity contribution in [3.05, 3.63) is 90.3 Å². The number of aliphatic hydroxyl groups excluding tert-OH is 1. The van der Waals surface area contributed by atoms with Crippen molar-refractivity contribution in [1.82, 2.24) is 20.2 Å². The molecule has 2 heterocycles. The Balaban J connectivity index is 1.15. The van der Waals surface area contributed by atoms with Crippen LogP contribution in [0.3, 0.4) is 0 Å². The summed E-state index contributed by atoms with van der Waals surface area (Å²) in [5, 5.41) is 17.1. The number of imidazole rings is 1. The molecule has 2 atom stereocenters. The first kappa shape index (κ1) is 31.6. The Hall–Kier alpha value is -3.78. The zero-order chi connectivity index (χ0) is 31.5. The van der Waals surface area contributed by atoms with E-state index in [1.807, 2.05) is 24.5 Å². The van der Waals surface area contributed by atoms with Crippen LogP contribution in [-0.2, 0) is 26.4 Å². The summed E-state index contributed by atoms with van der Waals surface area (Å²) in [5.41, 5.74) is 2.56. The molecule has 1 aliphatic rings. The van der Waals surface area contributed by atoms with Gasteiger partial charge in [-0.2, -0.15) is 0 Å². The Kier molecular flexibility index (Phi) is 9.12. The Morgan fingerprint density at radius 1 is 1.09 bits per heavy atom. The molecule has 0 radical (unpaired) electrons. The van der Waals surface area contributed by atoms with Gasteiger partial charge < -0.3 is 20.3 Å². The molecule has 4 N–H and O–H groups in total. The quantitative estimate of drug-likeness (QED) is 0.184. The van der Waals surface area contributed by atoms with Crippen molar-refractivity contribution >= 4 is 42.5 Å². The van der Waals surface area contributed by atoms with Crippen LogP contribution in [0.4, 0.5) is 5.69 Å². The second-order valence-corrected chi connectivity index (χ2v) is 15.7. The van der Waals surface area contributed by atoms with E-state index in [2.05, 4.69) is 20.3 Å². The van der Waals surface area contributed by atoms with Crippen LogP contribution in [-0.4, -0.2) is 67.0 Å². The van der Waals surface area contributed by atoms with Crippen molar-refractivity contribution < 1.29 is 26.7 Å². The zero-order valence-corrected chi connectivity index (χ0v) is 26.2. The number of aryl methyl sites for hydroxylation is 1. The SMILES string of the molecule is CC(C)(CCn1cnc2cc(C(=O)NC3CCS(=O)(=O)C3)ccc21)NC[C@H](O)c1cccc(NS(=O)(=O)c2ccccc2)c1. The minimum absolute atomic E-state index is 0.0286. The number of aliphatic hydroxyl groups is 1. The molecule has 3 aromatic carbocycles. The number of nitrogens with one attached hydrogen (secondary N) is 3. The third-order valence-corrected chi connectivity index (χ3v) is 10.9. The number of fused-ring (bicyclic) bond motifs is 1. The molecular weight excluding hydrogens is 603 g/mol. The Bertz CT molecular complexity index is 1860. The molecule has 0 bridgehead atoms. The molecule has 1 fully saturated rings. The number of hydrogen-bond donors (Lipinski definition) is 4. The number of carbonyl (C=O) groups excluding carboxylic acids is 1. The number of carbonyl (C=O) groups is 1. The highest BCUT2D eigenvalue weighted by Gasteiger charge is 2.29. The maximum Gasteiger partial charge on any atom is 0.261 e. The van der Waals surface area contributed by atoms with Gasteiger partial charge in [-0.3, -0.25) is 9.52 Å². The lowest BCUT2D eigenvalue weighted by Crippen LogP contribution is -2.42. The fourth-order valence-corrected chi connectivity index (χ4v) is 7.91. The number of benzene rings is 3. The minimum Gasteiger partial charge on any atom is -0.387 e. The highest BCUT2D eigenvalue weighted by molar-refractivity contribution is 7.92. The molecule has 11 nitrogen and oxygen atoms in total. The van der Waals surface area contributed by atoms with E-state index in [0.29, 0.717) is 41.7 Å². The van der Waals surface area contributed by atoms with Gasteiger partial charge in [0.2, 0.25) is 0 Å². The lowest BCUT2D eigenvalue weighted by molar-refractivity contribution is 0.0941. The van der Waals surface area contributed by atoms with Crippen molar-refractivity contribution in [2.75, 3.05) is 22.8 Å². The van der Waals surface area contributed by atoms with Crippen LogP contribution in [0.15, 0.2) is 84.0 Å². The average Bonchev–Trinajstić information content (AvgIpc) is 3.56. The van der Waals surface area contributed by atoms with Crippen molar-refractivity contribution in [3.8, 4) is 0 Å². The summed E-state index contributed by atoms with van der Waals surface area (Å²) >= 11 is 0. The summed E-state index contributed by atoms with van der Waals surface area (Å²) in [6.45, 7) is 4.96. The topological polar surface area (TPSA) is 159 Å². The number of anilines is 1. The molecular formula is C31H37N5O6S2. The van der Waals surface area contributed by atoms with Gasteiger partial charge in [0, 0.05) is 35.9 Å². The van der Waals surface area contributed by atoms with E-state index < -0.39 is 26.0 Å². The van der Waals surface area contributed by atoms with Gasteiger partial charge in [-0.05, 0) is 74.7 Å². The van der Waals surface area contributed by atoms with Crippen molar-refractivity contribution in [2.24, 2.45) is 0 Å². The summed E-state index contributed by atoms with van der Waals surface area (Å²) in [6.07, 6.45) is 2.00. The molecule has 0 aliphatic carbocycles. The molecule has 1 aromatic heterocycles. The van der Waals surface area contributed by atoms with Crippen molar-refractivity contribution in [3.63, 3.8) is 0 Å². The highest BCUT2D eigenvalue weighted by Crippen LogP contribution is 2.23. The Morgan fingerprint density at radius 2 is 1.86 bits per heavy atom. The molecule has 1 aliphatic heterocycles. The van der Waals surface area contributed by atoms with Crippen LogP contribution in [0.1, 0.15) is 48.7 Å². The van der Waals surface area contributed by atoms with Gasteiger partial charge in [0.15, 0.2) is 9.84 Å². The number of aromatic nitrogens is 2. The van der Waals surface area contributed by atoms with Gasteiger partial charge in [0.1, 0.15) is 0 Å². The molecule has 13 heteroatoms. The summed E-state index contributed by atoms with van der Waals surface area (Å²) < 4.78 is 53.4. The smallest absolute Gasteiger partial charge is 0.261 e. The van der Waals surface area contributed by atoms with E-state index >= 15 is 0 Å². The van der Waals surface area contributed by atoms with E-state index in [4.69, 9.17) is 0 Å². The molecule has 0 spiro atoms. The molecule has 0 saturated carbocycles. The normalized spacial score (nSPS) is 17.4. The number of hydrogen-bond acceptors (Lipinski definition) is 8. The predicted molar refractivity (Wildman–Crippen MR) is 170 cm³/mol. The summed E-state index contributed by atoms with van der Waals surface area (Å²) in [6, 6.07) is 19.7. The largest absolute Gasteiger partial charge is 0.387 e. The number of β-amino-alcohol motifs (C(OH)–C–C–N with tert-alkyl or cyclic N) is 1. The summed E-state index contributed by atoms with van der Waals surface area (Å²) in [5.74, 6) is -0.247. The Labute approximate surface area is 257 Å². The number of nitrogens with zero attached hydrogens (tertiary/aromatic N) is 2. The van der Waals surface area contributed by atoms with Crippen LogP contribution in [0.2, 0.25) is 0 Å². The molecule has 234 valence electrons. The maximum absolute atomic E-state index is 12.7. The second-order valence-electron chi connectivity index (χ2n) is 11.8. The lowest BCUT2D eigenvalue weighted by Gasteiger charge is -2.28. The van der Waals surface area contributed by atoms with E-state index in [1.54, 1.807) is 60.9 Å². The van der Waals surface area contributed by atoms with Crippen LogP contribution >= 0.6 is 0 Å². The van der Waals surface area contributed by atoms with Crippen LogP contribution in [0.5, 0.6) is 0 Å². The zero-order valence-electron chi connectivity index (χ0n) is 24.6.